The van der Waals surface area contributed by atoms with E-state index in [0.717, 1.165) is 17.0 Å². The first-order valence-corrected chi connectivity index (χ1v) is 10.9. The zero-order valence-corrected chi connectivity index (χ0v) is 18.1. The predicted molar refractivity (Wildman–Crippen MR) is 117 cm³/mol. The van der Waals surface area contributed by atoms with Crippen LogP contribution in [0.3, 0.4) is 0 Å². The highest BCUT2D eigenvalue weighted by Gasteiger charge is 2.22. The number of nitrogens with one attached hydrogen (secondary N) is 1. The first-order valence-electron chi connectivity index (χ1n) is 9.08. The molecule has 0 bridgehead atoms. The third kappa shape index (κ3) is 3.59. The molecule has 0 aliphatic carbocycles. The van der Waals surface area contributed by atoms with Crippen molar-refractivity contribution in [2.24, 2.45) is 0 Å². The van der Waals surface area contributed by atoms with Crippen LogP contribution in [-0.2, 0) is 10.0 Å². The minimum Gasteiger partial charge on any atom is -0.495 e. The molecule has 0 spiro atoms. The van der Waals surface area contributed by atoms with E-state index in [1.54, 1.807) is 53.2 Å². The molecule has 0 radical (unpaired) electrons. The molecule has 154 valence electrons. The molecular formula is C21H19ClN4O3S. The Morgan fingerprint density at radius 2 is 1.87 bits per heavy atom. The molecule has 0 saturated carbocycles. The number of halogens is 1. The topological polar surface area (TPSA) is 85.6 Å². The van der Waals surface area contributed by atoms with Gasteiger partial charge in [0.15, 0.2) is 5.65 Å². The van der Waals surface area contributed by atoms with Crippen molar-refractivity contribution in [3.63, 3.8) is 0 Å². The Morgan fingerprint density at radius 3 is 2.60 bits per heavy atom. The summed E-state index contributed by atoms with van der Waals surface area (Å²) in [5.41, 5.74) is 4.10. The van der Waals surface area contributed by atoms with E-state index < -0.39 is 10.0 Å². The van der Waals surface area contributed by atoms with Gasteiger partial charge in [-0.1, -0.05) is 29.8 Å². The number of hydrogen-bond donors (Lipinski definition) is 1. The molecule has 4 aromatic rings. The first kappa shape index (κ1) is 20.2. The van der Waals surface area contributed by atoms with Crippen molar-refractivity contribution in [2.45, 2.75) is 18.7 Å². The van der Waals surface area contributed by atoms with E-state index in [9.17, 15) is 8.42 Å². The average Bonchev–Trinajstić information content (AvgIpc) is 3.13. The molecule has 9 heteroatoms. The number of para-hydroxylation sites is 1. The van der Waals surface area contributed by atoms with Gasteiger partial charge < -0.3 is 4.74 Å². The monoisotopic (exact) mass is 442 g/mol. The quantitative estimate of drug-likeness (QED) is 0.492. The van der Waals surface area contributed by atoms with Crippen LogP contribution in [0.15, 0.2) is 59.6 Å². The molecule has 0 amide bonds. The maximum absolute atomic E-state index is 13.1. The van der Waals surface area contributed by atoms with Crippen molar-refractivity contribution >= 4 is 33.0 Å². The average molecular weight is 443 g/mol. The number of anilines is 1. The molecule has 2 heterocycles. The highest BCUT2D eigenvalue weighted by atomic mass is 35.5. The van der Waals surface area contributed by atoms with Gasteiger partial charge in [0, 0.05) is 17.0 Å². The molecule has 30 heavy (non-hydrogen) atoms. The van der Waals surface area contributed by atoms with Gasteiger partial charge in [-0.2, -0.15) is 5.10 Å². The summed E-state index contributed by atoms with van der Waals surface area (Å²) in [6, 6.07) is 13.5. The Bertz CT molecular complexity index is 1370. The van der Waals surface area contributed by atoms with Crippen LogP contribution in [0, 0.1) is 13.8 Å². The Balaban J connectivity index is 1.85. The van der Waals surface area contributed by atoms with Gasteiger partial charge in [-0.15, -0.1) is 0 Å². The number of fused-ring (bicyclic) bond motifs is 1. The molecule has 0 atom stereocenters. The normalized spacial score (nSPS) is 11.6. The second-order valence-corrected chi connectivity index (χ2v) is 8.84. The van der Waals surface area contributed by atoms with Gasteiger partial charge in [-0.25, -0.2) is 17.9 Å². The summed E-state index contributed by atoms with van der Waals surface area (Å²) in [6.45, 7) is 3.84. The van der Waals surface area contributed by atoms with Gasteiger partial charge >= 0.3 is 0 Å². The zero-order valence-electron chi connectivity index (χ0n) is 16.5. The van der Waals surface area contributed by atoms with E-state index in [-0.39, 0.29) is 16.3 Å². The Labute approximate surface area is 179 Å². The molecule has 0 saturated heterocycles. The lowest BCUT2D eigenvalue weighted by Crippen LogP contribution is -2.14. The number of hydrogen-bond acceptors (Lipinski definition) is 5. The molecule has 0 fully saturated rings. The lowest BCUT2D eigenvalue weighted by Gasteiger charge is -2.14. The number of rotatable bonds is 5. The Morgan fingerprint density at radius 1 is 1.10 bits per heavy atom. The van der Waals surface area contributed by atoms with Gasteiger partial charge in [-0.3, -0.25) is 4.72 Å². The molecule has 7 nitrogen and oxygen atoms in total. The van der Waals surface area contributed by atoms with Crippen LogP contribution in [0.5, 0.6) is 5.75 Å². The molecule has 0 aliphatic heterocycles. The summed E-state index contributed by atoms with van der Waals surface area (Å²) in [4.78, 5) is 4.57. The third-order valence-electron chi connectivity index (χ3n) is 4.66. The minimum atomic E-state index is -3.97. The number of nitrogens with zero attached hydrogens (tertiary/aromatic N) is 3. The molecule has 1 N–H and O–H groups in total. The van der Waals surface area contributed by atoms with E-state index in [0.29, 0.717) is 16.2 Å². The summed E-state index contributed by atoms with van der Waals surface area (Å²) in [6.07, 6.45) is 1.68. The van der Waals surface area contributed by atoms with Crippen molar-refractivity contribution in [1.82, 2.24) is 14.6 Å². The van der Waals surface area contributed by atoms with Crippen LogP contribution >= 0.6 is 11.6 Å². The lowest BCUT2D eigenvalue weighted by atomic mass is 10.1. The second kappa shape index (κ2) is 7.62. The van der Waals surface area contributed by atoms with Gasteiger partial charge in [0.2, 0.25) is 0 Å². The van der Waals surface area contributed by atoms with Crippen LogP contribution in [0.25, 0.3) is 16.8 Å². The maximum Gasteiger partial charge on any atom is 0.265 e. The molecule has 2 aromatic heterocycles. The number of aryl methyl sites for hydroxylation is 2. The second-order valence-electron chi connectivity index (χ2n) is 6.78. The highest BCUT2D eigenvalue weighted by molar-refractivity contribution is 7.92. The lowest BCUT2D eigenvalue weighted by molar-refractivity contribution is 0.403. The van der Waals surface area contributed by atoms with Gasteiger partial charge in [0.05, 0.1) is 24.0 Å². The van der Waals surface area contributed by atoms with Crippen LogP contribution < -0.4 is 9.46 Å². The smallest absolute Gasteiger partial charge is 0.265 e. The van der Waals surface area contributed by atoms with Crippen molar-refractivity contribution < 1.29 is 13.2 Å². The number of methoxy groups -OCH3 is 1. The fourth-order valence-corrected chi connectivity index (χ4v) is 4.79. The van der Waals surface area contributed by atoms with E-state index in [4.69, 9.17) is 16.3 Å². The first-order chi connectivity index (χ1) is 14.3. The fourth-order valence-electron chi connectivity index (χ4n) is 3.27. The largest absolute Gasteiger partial charge is 0.495 e. The van der Waals surface area contributed by atoms with Crippen LogP contribution in [-0.4, -0.2) is 30.1 Å². The summed E-state index contributed by atoms with van der Waals surface area (Å²) in [5, 5.41) is 4.69. The van der Waals surface area contributed by atoms with E-state index >= 15 is 0 Å². The number of benzene rings is 2. The predicted octanol–water partition coefficient (Wildman–Crippen LogP) is 4.48. The fraction of sp³-hybridized carbons (Fsp3) is 0.143. The Hall–Kier alpha value is -3.10. The van der Waals surface area contributed by atoms with Gasteiger partial charge in [0.25, 0.3) is 10.0 Å². The van der Waals surface area contributed by atoms with Crippen LogP contribution in [0.1, 0.15) is 11.4 Å². The Kier molecular flexibility index (Phi) is 5.13. The van der Waals surface area contributed by atoms with E-state index in [1.807, 2.05) is 19.9 Å². The number of ether oxygens (including phenoxy) is 1. The van der Waals surface area contributed by atoms with E-state index in [1.165, 1.54) is 7.11 Å². The summed E-state index contributed by atoms with van der Waals surface area (Å²) >= 11 is 6.12. The molecule has 4 rings (SSSR count). The SMILES string of the molecule is COc1ccc(-c2cnn3c(C)cc(C)nc23)cc1S(=O)(=O)Nc1ccccc1Cl. The van der Waals surface area contributed by atoms with Gasteiger partial charge in [0.1, 0.15) is 10.6 Å². The van der Waals surface area contributed by atoms with Crippen LogP contribution in [0.2, 0.25) is 5.02 Å². The van der Waals surface area contributed by atoms with E-state index in [2.05, 4.69) is 14.8 Å². The summed E-state index contributed by atoms with van der Waals surface area (Å²) in [7, 11) is -2.55. The number of sulfonamides is 1. The highest BCUT2D eigenvalue weighted by Crippen LogP contribution is 2.33. The third-order valence-corrected chi connectivity index (χ3v) is 6.38. The van der Waals surface area contributed by atoms with Crippen molar-refractivity contribution in [2.75, 3.05) is 11.8 Å². The standard InChI is InChI=1S/C21H19ClN4O3S/c1-13-10-14(2)26-21(24-13)16(12-23-26)15-8-9-19(29-3)20(11-15)30(27,28)25-18-7-5-4-6-17(18)22/h4-12,25H,1-3H3. The van der Waals surface area contributed by atoms with Gasteiger partial charge in [-0.05, 0) is 49.7 Å². The van der Waals surface area contributed by atoms with Crippen molar-refractivity contribution in [3.05, 3.63) is 71.1 Å². The molecule has 0 aliphatic rings. The molecule has 2 aromatic carbocycles. The maximum atomic E-state index is 13.1. The molecule has 0 unspecified atom stereocenters. The van der Waals surface area contributed by atoms with Crippen molar-refractivity contribution in [3.8, 4) is 16.9 Å². The summed E-state index contributed by atoms with van der Waals surface area (Å²) < 4.78 is 35.8. The minimum absolute atomic E-state index is 0.00820. The summed E-state index contributed by atoms with van der Waals surface area (Å²) in [5.74, 6) is 0.218. The molecular weight excluding hydrogens is 424 g/mol. The zero-order chi connectivity index (χ0) is 21.5. The number of aromatic nitrogens is 3. The van der Waals surface area contributed by atoms with Crippen LogP contribution in [0.4, 0.5) is 5.69 Å². The van der Waals surface area contributed by atoms with Crippen molar-refractivity contribution in [1.29, 1.82) is 0 Å².